The largest absolute Gasteiger partial charge is 2.00 e. The van der Waals surface area contributed by atoms with Crippen LogP contribution >= 0.6 is 0 Å². The zero-order chi connectivity index (χ0) is 66.3. The average Bonchev–Trinajstić information content (AvgIpc) is 0.952. The van der Waals surface area contributed by atoms with Crippen LogP contribution < -0.4 is 0 Å². The Kier molecular flexibility index (Phi) is 56.4. The van der Waals surface area contributed by atoms with Crippen LogP contribution in [-0.4, -0.2) is 74.8 Å². The van der Waals surface area contributed by atoms with Crippen LogP contribution in [0.5, 0.6) is 0 Å². The van der Waals surface area contributed by atoms with Gasteiger partial charge in [0.1, 0.15) is 20.2 Å². The molecule has 0 aliphatic rings. The topological polar surface area (TPSA) is 114 Å². The zero-order valence-corrected chi connectivity index (χ0v) is 67.2. The first-order valence-corrected chi connectivity index (χ1v) is 42.8. The van der Waals surface area contributed by atoms with Crippen LogP contribution in [0.1, 0.15) is 410 Å². The fraction of sp³-hybridized carbons (Fsp3) is 0.762. The first-order chi connectivity index (χ1) is 44.9. The summed E-state index contributed by atoms with van der Waals surface area (Å²) in [6.07, 6.45) is 78.0. The van der Waals surface area contributed by atoms with Crippen molar-refractivity contribution in [1.29, 1.82) is 0 Å². The maximum absolute atomic E-state index is 12.1. The first-order valence-electron chi connectivity index (χ1n) is 39.9. The summed E-state index contributed by atoms with van der Waals surface area (Å²) in [5.74, 6) is 0. The molecule has 4 aromatic rings. The van der Waals surface area contributed by atoms with E-state index in [0.29, 0.717) is 24.0 Å². The molecule has 0 saturated carbocycles. The molecule has 0 saturated heterocycles. The third-order valence-corrected chi connectivity index (χ3v) is 21.8. The Bertz CT molecular complexity index is 2430. The van der Waals surface area contributed by atoms with Gasteiger partial charge in [-0.2, -0.15) is 0 Å². The number of unbranched alkanes of at least 4 members (excludes halogenated alkanes) is 52. The van der Waals surface area contributed by atoms with Gasteiger partial charge >= 0.3 is 48.9 Å². The third-order valence-electron chi connectivity index (χ3n) is 19.9. The van der Waals surface area contributed by atoms with Crippen molar-refractivity contribution in [3.63, 3.8) is 0 Å². The molecule has 0 atom stereocenters. The Balaban J connectivity index is 0.000000627. The van der Waals surface area contributed by atoms with Gasteiger partial charge in [-0.15, -0.1) is 0 Å². The van der Waals surface area contributed by atoms with E-state index in [9.17, 15) is 25.9 Å². The van der Waals surface area contributed by atoms with Crippen LogP contribution in [0.2, 0.25) is 0 Å². The monoisotopic (exact) mass is 1450 g/mol. The fourth-order valence-electron chi connectivity index (χ4n) is 14.0. The van der Waals surface area contributed by atoms with Crippen molar-refractivity contribution in [1.82, 2.24) is 0 Å². The quantitative estimate of drug-likeness (QED) is 0.0247. The minimum atomic E-state index is -4.49. The molecule has 0 fully saturated rings. The fourth-order valence-corrected chi connectivity index (χ4v) is 15.5. The average molecular weight is 1450 g/mol. The van der Waals surface area contributed by atoms with E-state index < -0.39 is 20.2 Å². The molecule has 0 bridgehead atoms. The molecule has 0 aromatic heterocycles. The van der Waals surface area contributed by atoms with E-state index in [1.165, 1.54) is 345 Å². The molecule has 4 rings (SSSR count). The summed E-state index contributed by atoms with van der Waals surface area (Å²) >= 11 is 0. The van der Waals surface area contributed by atoms with Gasteiger partial charge in [0.15, 0.2) is 0 Å². The van der Waals surface area contributed by atoms with Gasteiger partial charge in [0, 0.05) is 0 Å². The number of hydrogen-bond acceptors (Lipinski definition) is 6. The molecule has 0 unspecified atom stereocenters. The van der Waals surface area contributed by atoms with Crippen LogP contribution in [-0.2, 0) is 45.9 Å². The maximum Gasteiger partial charge on any atom is 2.00 e. The Morgan fingerprint density at radius 2 is 0.409 bits per heavy atom. The van der Waals surface area contributed by atoms with Gasteiger partial charge in [-0.1, -0.05) is 398 Å². The van der Waals surface area contributed by atoms with Crippen molar-refractivity contribution in [2.24, 2.45) is 0 Å². The molecule has 0 N–H and O–H groups in total. The Labute approximate surface area is 616 Å². The molecule has 528 valence electrons. The van der Waals surface area contributed by atoms with Crippen molar-refractivity contribution in [3.8, 4) is 0 Å². The molecule has 0 heterocycles. The number of hydrogen-bond donors (Lipinski definition) is 0. The molecule has 0 aliphatic heterocycles. The molecule has 6 nitrogen and oxygen atoms in total. The number of rotatable bonds is 62. The second kappa shape index (κ2) is 59.6. The van der Waals surface area contributed by atoms with Crippen molar-refractivity contribution in [2.75, 3.05) is 0 Å². The predicted octanol–water partition coefficient (Wildman–Crippen LogP) is 27.2. The van der Waals surface area contributed by atoms with Gasteiger partial charge < -0.3 is 9.11 Å². The molecule has 9 heteroatoms. The van der Waals surface area contributed by atoms with Crippen molar-refractivity contribution < 1.29 is 25.9 Å². The second-order valence-electron chi connectivity index (χ2n) is 28.6. The first kappa shape index (κ1) is 87.9. The number of fused-ring (bicyclic) bond motifs is 2. The van der Waals surface area contributed by atoms with E-state index in [1.54, 1.807) is 12.1 Å². The minimum Gasteiger partial charge on any atom is -0.744 e. The molecule has 0 amide bonds. The SMILES string of the molecule is CCCCCCCCCCCCCCCCc1ccc2cc(S(=O)(=O)[O-])c(CCCCCCCCCCCCCCCC)cc2c1.CCCCCCCCCCCCCCCCc1ccc2cc(S(=O)(=O)[O-])c(CCCCCCCCCCCCCCCC)cc2c1.[Ba+2]. The van der Waals surface area contributed by atoms with E-state index in [-0.39, 0.29) is 58.7 Å². The summed E-state index contributed by atoms with van der Waals surface area (Å²) in [6.45, 7) is 9.11. The molecule has 93 heavy (non-hydrogen) atoms. The van der Waals surface area contributed by atoms with Gasteiger partial charge in [0.05, 0.1) is 9.79 Å². The standard InChI is InChI=1S/2C42H72O3S.Ba/c2*1-3-5-7-9-11-13-15-17-19-21-23-25-27-29-31-38-33-34-39-37-42(46(43,44)45)40(36-41(39)35-38)32-30-28-26-24-22-20-18-16-14-12-10-8-6-4-2;/h2*33-37H,3-32H2,1-2H3,(H,43,44,45);/q;;+2/p-2. The van der Waals surface area contributed by atoms with Crippen molar-refractivity contribution in [2.45, 2.75) is 423 Å². The van der Waals surface area contributed by atoms with E-state index in [1.807, 2.05) is 24.3 Å². The zero-order valence-electron chi connectivity index (χ0n) is 61.2. The molecular weight excluding hydrogens is 1310 g/mol. The third kappa shape index (κ3) is 46.0. The van der Waals surface area contributed by atoms with E-state index in [0.717, 1.165) is 60.1 Å². The van der Waals surface area contributed by atoms with E-state index in [2.05, 4.69) is 52.0 Å². The van der Waals surface area contributed by atoms with Crippen LogP contribution in [0.15, 0.2) is 70.5 Å². The molecule has 0 spiro atoms. The Morgan fingerprint density at radius 1 is 0.226 bits per heavy atom. The molecule has 0 aliphatic carbocycles. The van der Waals surface area contributed by atoms with Crippen LogP contribution in [0.25, 0.3) is 21.5 Å². The van der Waals surface area contributed by atoms with Gasteiger partial charge in [-0.25, -0.2) is 16.8 Å². The van der Waals surface area contributed by atoms with Crippen molar-refractivity contribution >= 4 is 90.7 Å². The molecule has 4 aromatic carbocycles. The van der Waals surface area contributed by atoms with E-state index in [4.69, 9.17) is 0 Å². The normalized spacial score (nSPS) is 11.8. The summed E-state index contributed by atoms with van der Waals surface area (Å²) in [5.41, 5.74) is 4.03. The smallest absolute Gasteiger partial charge is 0.744 e. The molecule has 0 radical (unpaired) electrons. The van der Waals surface area contributed by atoms with Crippen LogP contribution in [0.4, 0.5) is 0 Å². The second-order valence-corrected chi connectivity index (χ2v) is 31.3. The van der Waals surface area contributed by atoms with E-state index >= 15 is 0 Å². The summed E-state index contributed by atoms with van der Waals surface area (Å²) in [4.78, 5) is -0.0381. The molecular formula is C84H142BaO6S2. The summed E-state index contributed by atoms with van der Waals surface area (Å²) < 4.78 is 72.7. The van der Waals surface area contributed by atoms with Crippen LogP contribution in [0, 0.1) is 0 Å². The number of benzene rings is 4. The summed E-state index contributed by atoms with van der Waals surface area (Å²) in [5, 5.41) is 3.83. The Morgan fingerprint density at radius 3 is 0.602 bits per heavy atom. The summed E-state index contributed by atoms with van der Waals surface area (Å²) in [6, 6.07) is 19.9. The number of aryl methyl sites for hydroxylation is 4. The van der Waals surface area contributed by atoms with Gasteiger partial charge in [-0.05, 0) is 119 Å². The van der Waals surface area contributed by atoms with Gasteiger partial charge in [-0.3, -0.25) is 0 Å². The Hall–Kier alpha value is -1.21. The maximum atomic E-state index is 12.1. The summed E-state index contributed by atoms with van der Waals surface area (Å²) in [7, 11) is -8.98. The minimum absolute atomic E-state index is 0. The van der Waals surface area contributed by atoms with Gasteiger partial charge in [0.25, 0.3) is 0 Å². The van der Waals surface area contributed by atoms with Crippen molar-refractivity contribution in [3.05, 3.63) is 82.9 Å². The van der Waals surface area contributed by atoms with Gasteiger partial charge in [0.2, 0.25) is 0 Å². The van der Waals surface area contributed by atoms with Crippen LogP contribution in [0.3, 0.4) is 0 Å². The predicted molar refractivity (Wildman–Crippen MR) is 406 cm³/mol.